The van der Waals surface area contributed by atoms with Crippen LogP contribution in [0, 0.1) is 0 Å². The van der Waals surface area contributed by atoms with E-state index in [0.717, 1.165) is 5.56 Å². The van der Waals surface area contributed by atoms with Gasteiger partial charge in [0.1, 0.15) is 0 Å². The maximum absolute atomic E-state index is 11.8. The molecule has 1 aromatic carbocycles. The molecule has 6 heteroatoms. The fourth-order valence-electron chi connectivity index (χ4n) is 1.88. The Balaban J connectivity index is 1.69. The van der Waals surface area contributed by atoms with Gasteiger partial charge < -0.3 is 9.47 Å². The van der Waals surface area contributed by atoms with Gasteiger partial charge in [-0.1, -0.05) is 30.3 Å². The minimum atomic E-state index is -3.23. The molecule has 2 rings (SSSR count). The second-order valence-electron chi connectivity index (χ2n) is 4.41. The zero-order valence-corrected chi connectivity index (χ0v) is 11.6. The Kier molecular flexibility index (Phi) is 5.33. The Labute approximate surface area is 114 Å². The normalized spacial score (nSPS) is 16.8. The zero-order chi connectivity index (χ0) is 13.6. The van der Waals surface area contributed by atoms with Crippen molar-refractivity contribution in [3.8, 4) is 0 Å². The molecule has 0 aromatic heterocycles. The van der Waals surface area contributed by atoms with Gasteiger partial charge in [0.05, 0.1) is 19.0 Å². The van der Waals surface area contributed by atoms with Crippen molar-refractivity contribution in [3.63, 3.8) is 0 Å². The second-order valence-corrected chi connectivity index (χ2v) is 6.34. The lowest BCUT2D eigenvalue weighted by molar-refractivity contribution is -0.0451. The molecule has 1 aliphatic rings. The summed E-state index contributed by atoms with van der Waals surface area (Å²) in [7, 11) is -3.23. The lowest BCUT2D eigenvalue weighted by Crippen LogP contribution is -2.30. The van der Waals surface area contributed by atoms with E-state index in [1.165, 1.54) is 0 Å². The third-order valence-electron chi connectivity index (χ3n) is 2.90. The summed E-state index contributed by atoms with van der Waals surface area (Å²) >= 11 is 0. The van der Waals surface area contributed by atoms with Gasteiger partial charge in [0.15, 0.2) is 6.29 Å². The Morgan fingerprint density at radius 2 is 1.84 bits per heavy atom. The van der Waals surface area contributed by atoms with Gasteiger partial charge in [0.25, 0.3) is 0 Å². The number of ether oxygens (including phenoxy) is 2. The van der Waals surface area contributed by atoms with Crippen molar-refractivity contribution in [1.29, 1.82) is 0 Å². The van der Waals surface area contributed by atoms with Crippen LogP contribution in [-0.2, 0) is 25.9 Å². The van der Waals surface area contributed by atoms with Crippen molar-refractivity contribution in [3.05, 3.63) is 35.9 Å². The minimum Gasteiger partial charge on any atom is -0.350 e. The van der Waals surface area contributed by atoms with Gasteiger partial charge in [-0.3, -0.25) is 0 Å². The fourth-order valence-corrected chi connectivity index (χ4v) is 2.95. The molecule has 19 heavy (non-hydrogen) atoms. The number of aryl methyl sites for hydroxylation is 1. The first kappa shape index (κ1) is 14.5. The Morgan fingerprint density at radius 3 is 2.53 bits per heavy atom. The molecule has 0 saturated carbocycles. The van der Waals surface area contributed by atoms with Crippen molar-refractivity contribution in [2.45, 2.75) is 19.1 Å². The van der Waals surface area contributed by atoms with Gasteiger partial charge >= 0.3 is 0 Å². The molecular weight excluding hydrogens is 266 g/mol. The van der Waals surface area contributed by atoms with E-state index in [4.69, 9.17) is 9.47 Å². The molecule has 0 amide bonds. The number of nitrogens with one attached hydrogen (secondary N) is 1. The van der Waals surface area contributed by atoms with E-state index in [1.54, 1.807) is 0 Å². The molecular formula is C13H19NO4S. The van der Waals surface area contributed by atoms with Crippen LogP contribution < -0.4 is 4.72 Å². The molecule has 1 fully saturated rings. The maximum Gasteiger partial charge on any atom is 0.211 e. The summed E-state index contributed by atoms with van der Waals surface area (Å²) < 4.78 is 36.6. The largest absolute Gasteiger partial charge is 0.350 e. The highest BCUT2D eigenvalue weighted by Gasteiger charge is 2.17. The minimum absolute atomic E-state index is 0.101. The van der Waals surface area contributed by atoms with Gasteiger partial charge in [0.2, 0.25) is 10.0 Å². The zero-order valence-electron chi connectivity index (χ0n) is 10.7. The highest BCUT2D eigenvalue weighted by molar-refractivity contribution is 7.89. The summed E-state index contributed by atoms with van der Waals surface area (Å²) in [6, 6.07) is 9.58. The summed E-state index contributed by atoms with van der Waals surface area (Å²) in [4.78, 5) is 0. The van der Waals surface area contributed by atoms with Crippen LogP contribution in [0.25, 0.3) is 0 Å². The standard InChI is InChI=1S/C13H19NO4S/c15-19(16,11-7-12-4-2-1-3-5-12)14-8-6-13-17-9-10-18-13/h1-5,13-14H,6-11H2. The average Bonchev–Trinajstić information content (AvgIpc) is 2.91. The third-order valence-corrected chi connectivity index (χ3v) is 4.28. The summed E-state index contributed by atoms with van der Waals surface area (Å²) in [5.41, 5.74) is 1.02. The first-order valence-electron chi connectivity index (χ1n) is 6.40. The van der Waals surface area contributed by atoms with Crippen LogP contribution in [-0.4, -0.2) is 40.2 Å². The van der Waals surface area contributed by atoms with Crippen LogP contribution in [0.2, 0.25) is 0 Å². The number of benzene rings is 1. The van der Waals surface area contributed by atoms with Gasteiger partial charge in [0, 0.05) is 13.0 Å². The van der Waals surface area contributed by atoms with E-state index < -0.39 is 10.0 Å². The molecule has 0 atom stereocenters. The predicted molar refractivity (Wildman–Crippen MR) is 72.2 cm³/mol. The number of rotatable bonds is 7. The lowest BCUT2D eigenvalue weighted by atomic mass is 10.2. The van der Waals surface area contributed by atoms with E-state index in [-0.39, 0.29) is 12.0 Å². The summed E-state index contributed by atoms with van der Waals surface area (Å²) in [5, 5.41) is 0. The molecule has 5 nitrogen and oxygen atoms in total. The summed E-state index contributed by atoms with van der Waals surface area (Å²) in [6.07, 6.45) is 0.800. The Hall–Kier alpha value is -0.950. The second kappa shape index (κ2) is 7.00. The first-order chi connectivity index (χ1) is 9.16. The van der Waals surface area contributed by atoms with Crippen molar-refractivity contribution in [1.82, 2.24) is 4.72 Å². The Bertz CT molecular complexity index is 469. The van der Waals surface area contributed by atoms with Gasteiger partial charge in [-0.05, 0) is 12.0 Å². The van der Waals surface area contributed by atoms with E-state index in [9.17, 15) is 8.42 Å². The predicted octanol–water partition coefficient (Wildman–Crippen LogP) is 0.911. The van der Waals surface area contributed by atoms with Crippen LogP contribution in [0.15, 0.2) is 30.3 Å². The summed E-state index contributed by atoms with van der Waals surface area (Å²) in [5.74, 6) is 0.101. The van der Waals surface area contributed by atoms with Crippen LogP contribution >= 0.6 is 0 Å². The fraction of sp³-hybridized carbons (Fsp3) is 0.538. The molecule has 0 aliphatic carbocycles. The van der Waals surface area contributed by atoms with E-state index >= 15 is 0 Å². The van der Waals surface area contributed by atoms with Crippen molar-refractivity contribution < 1.29 is 17.9 Å². The van der Waals surface area contributed by atoms with Crippen LogP contribution in [0.5, 0.6) is 0 Å². The maximum atomic E-state index is 11.8. The van der Waals surface area contributed by atoms with Crippen LogP contribution in [0.1, 0.15) is 12.0 Å². The number of hydrogen-bond acceptors (Lipinski definition) is 4. The summed E-state index contributed by atoms with van der Waals surface area (Å²) in [6.45, 7) is 1.53. The molecule has 0 radical (unpaired) electrons. The highest BCUT2D eigenvalue weighted by Crippen LogP contribution is 2.07. The average molecular weight is 285 g/mol. The Morgan fingerprint density at radius 1 is 1.16 bits per heavy atom. The molecule has 1 heterocycles. The van der Waals surface area contributed by atoms with Crippen molar-refractivity contribution >= 4 is 10.0 Å². The molecule has 1 N–H and O–H groups in total. The van der Waals surface area contributed by atoms with Crippen molar-refractivity contribution in [2.24, 2.45) is 0 Å². The molecule has 106 valence electrons. The first-order valence-corrected chi connectivity index (χ1v) is 8.05. The lowest BCUT2D eigenvalue weighted by Gasteiger charge is -2.10. The molecule has 0 bridgehead atoms. The van der Waals surface area contributed by atoms with Crippen molar-refractivity contribution in [2.75, 3.05) is 25.5 Å². The van der Waals surface area contributed by atoms with E-state index in [2.05, 4.69) is 4.72 Å². The monoisotopic (exact) mass is 285 g/mol. The SMILES string of the molecule is O=S(=O)(CCc1ccccc1)NCCC1OCCO1. The van der Waals surface area contributed by atoms with E-state index in [0.29, 0.717) is 32.6 Å². The molecule has 0 unspecified atom stereocenters. The highest BCUT2D eigenvalue weighted by atomic mass is 32.2. The van der Waals surface area contributed by atoms with E-state index in [1.807, 2.05) is 30.3 Å². The number of sulfonamides is 1. The third kappa shape index (κ3) is 5.28. The molecule has 1 aliphatic heterocycles. The molecule has 1 aromatic rings. The van der Waals surface area contributed by atoms with Gasteiger partial charge in [-0.25, -0.2) is 13.1 Å². The van der Waals surface area contributed by atoms with Gasteiger partial charge in [-0.2, -0.15) is 0 Å². The van der Waals surface area contributed by atoms with Gasteiger partial charge in [-0.15, -0.1) is 0 Å². The van der Waals surface area contributed by atoms with Crippen LogP contribution in [0.3, 0.4) is 0 Å². The molecule has 1 saturated heterocycles. The smallest absolute Gasteiger partial charge is 0.211 e. The topological polar surface area (TPSA) is 64.6 Å². The molecule has 0 spiro atoms. The quantitative estimate of drug-likeness (QED) is 0.809. The number of hydrogen-bond donors (Lipinski definition) is 1. The van der Waals surface area contributed by atoms with Crippen LogP contribution in [0.4, 0.5) is 0 Å².